The molecular formula is C10H16O4. The Kier molecular flexibility index (Phi) is 8.57. The maximum Gasteiger partial charge on any atom is 0.330 e. The molecule has 0 aromatic heterocycles. The van der Waals surface area contributed by atoms with E-state index in [9.17, 15) is 9.59 Å². The lowest BCUT2D eigenvalue weighted by molar-refractivity contribution is -0.141. The molecule has 0 saturated heterocycles. The van der Waals surface area contributed by atoms with Gasteiger partial charge >= 0.3 is 11.9 Å². The van der Waals surface area contributed by atoms with Crippen molar-refractivity contribution in [2.75, 3.05) is 0 Å². The highest BCUT2D eigenvalue weighted by Gasteiger charge is 1.96. The Bertz CT molecular complexity index is 216. The second-order valence-electron chi connectivity index (χ2n) is 2.78. The van der Waals surface area contributed by atoms with Crippen LogP contribution in [0.4, 0.5) is 0 Å². The predicted molar refractivity (Wildman–Crippen MR) is 53.9 cm³/mol. The molecule has 0 rings (SSSR count). The van der Waals surface area contributed by atoms with Gasteiger partial charge in [0.2, 0.25) is 0 Å². The molecule has 0 saturated carbocycles. The zero-order chi connectivity index (χ0) is 11.7. The first-order valence-electron chi connectivity index (χ1n) is 4.03. The number of aliphatic carboxylic acids is 1. The van der Waals surface area contributed by atoms with Gasteiger partial charge in [-0.3, -0.25) is 0 Å². The first kappa shape index (κ1) is 14.9. The van der Waals surface area contributed by atoms with Gasteiger partial charge in [0.1, 0.15) is 0 Å². The molecular weight excluding hydrogens is 184 g/mol. The third kappa shape index (κ3) is 13.0. The summed E-state index contributed by atoms with van der Waals surface area (Å²) in [5.74, 6) is -1.30. The highest BCUT2D eigenvalue weighted by molar-refractivity contribution is 5.84. The molecule has 0 aliphatic heterocycles. The van der Waals surface area contributed by atoms with Crippen LogP contribution in [-0.2, 0) is 14.3 Å². The maximum atomic E-state index is 10.3. The van der Waals surface area contributed by atoms with Crippen LogP contribution in [0.5, 0.6) is 0 Å². The molecule has 0 unspecified atom stereocenters. The molecule has 0 atom stereocenters. The van der Waals surface area contributed by atoms with Crippen molar-refractivity contribution >= 4 is 11.9 Å². The molecule has 0 aromatic carbocycles. The molecule has 0 aliphatic carbocycles. The van der Waals surface area contributed by atoms with E-state index in [4.69, 9.17) is 5.11 Å². The Morgan fingerprint density at radius 3 is 1.86 bits per heavy atom. The van der Waals surface area contributed by atoms with E-state index in [1.165, 1.54) is 6.92 Å². The molecule has 0 aliphatic rings. The summed E-state index contributed by atoms with van der Waals surface area (Å²) in [5, 5.41) is 7.89. The normalized spacial score (nSPS) is 8.29. The second-order valence-corrected chi connectivity index (χ2v) is 2.78. The van der Waals surface area contributed by atoms with E-state index in [1.807, 2.05) is 0 Å². The number of ether oxygens (including phenoxy) is 1. The van der Waals surface area contributed by atoms with Crippen LogP contribution in [0.15, 0.2) is 24.8 Å². The van der Waals surface area contributed by atoms with Crippen LogP contribution in [0.2, 0.25) is 0 Å². The molecule has 0 heterocycles. The van der Waals surface area contributed by atoms with Crippen molar-refractivity contribution < 1.29 is 19.4 Å². The van der Waals surface area contributed by atoms with Gasteiger partial charge in [0.25, 0.3) is 0 Å². The molecule has 80 valence electrons. The van der Waals surface area contributed by atoms with Gasteiger partial charge in [0.05, 0.1) is 6.10 Å². The third-order valence-corrected chi connectivity index (χ3v) is 0.884. The van der Waals surface area contributed by atoms with Crippen molar-refractivity contribution in [3.05, 3.63) is 24.8 Å². The van der Waals surface area contributed by atoms with Gasteiger partial charge in [-0.05, 0) is 20.8 Å². The van der Waals surface area contributed by atoms with E-state index in [0.29, 0.717) is 0 Å². The topological polar surface area (TPSA) is 63.6 Å². The summed E-state index contributed by atoms with van der Waals surface area (Å²) in [6, 6.07) is 0. The maximum absolute atomic E-state index is 10.3. The molecule has 0 radical (unpaired) electrons. The van der Waals surface area contributed by atoms with Crippen molar-refractivity contribution in [3.8, 4) is 0 Å². The Balaban J connectivity index is 0. The van der Waals surface area contributed by atoms with Gasteiger partial charge in [0.15, 0.2) is 0 Å². The van der Waals surface area contributed by atoms with Gasteiger partial charge in [-0.2, -0.15) is 0 Å². The molecule has 4 heteroatoms. The lowest BCUT2D eigenvalue weighted by Gasteiger charge is -2.02. The van der Waals surface area contributed by atoms with Crippen molar-refractivity contribution in [2.24, 2.45) is 0 Å². The second kappa shape index (κ2) is 8.04. The van der Waals surface area contributed by atoms with Gasteiger partial charge in [0, 0.05) is 11.6 Å². The first-order chi connectivity index (χ1) is 6.31. The first-order valence-corrected chi connectivity index (χ1v) is 4.03. The summed E-state index contributed by atoms with van der Waals surface area (Å²) in [4.78, 5) is 19.9. The monoisotopic (exact) mass is 200 g/mol. The lowest BCUT2D eigenvalue weighted by Crippen LogP contribution is -2.07. The summed E-state index contributed by atoms with van der Waals surface area (Å²) in [6.07, 6.45) is 1.11. The molecule has 0 amide bonds. The average molecular weight is 200 g/mol. The SMILES string of the molecule is C=C(C)C(=O)O.C=CC(=O)OC(C)C. The standard InChI is InChI=1S/C6H10O2.C4H6O2/c1-4-6(7)8-5(2)3;1-3(2)4(5)6/h4-5H,1H2,2-3H3;1H2,2H3,(H,5,6). The van der Waals surface area contributed by atoms with Crippen molar-refractivity contribution in [2.45, 2.75) is 26.9 Å². The van der Waals surface area contributed by atoms with E-state index in [0.717, 1.165) is 6.08 Å². The van der Waals surface area contributed by atoms with Crippen LogP contribution < -0.4 is 0 Å². The fraction of sp³-hybridized carbons (Fsp3) is 0.400. The summed E-state index contributed by atoms with van der Waals surface area (Å²) in [5.41, 5.74) is 0.176. The van der Waals surface area contributed by atoms with Crippen molar-refractivity contribution in [1.29, 1.82) is 0 Å². The smallest absolute Gasteiger partial charge is 0.330 e. The molecule has 0 aromatic rings. The van der Waals surface area contributed by atoms with Gasteiger partial charge in [-0.25, -0.2) is 9.59 Å². The zero-order valence-electron chi connectivity index (χ0n) is 8.74. The largest absolute Gasteiger partial charge is 0.478 e. The van der Waals surface area contributed by atoms with Crippen LogP contribution in [0.3, 0.4) is 0 Å². The fourth-order valence-electron chi connectivity index (χ4n) is 0.280. The van der Waals surface area contributed by atoms with Crippen LogP contribution in [0.25, 0.3) is 0 Å². The minimum Gasteiger partial charge on any atom is -0.478 e. The van der Waals surface area contributed by atoms with Gasteiger partial charge in [-0.15, -0.1) is 0 Å². The van der Waals surface area contributed by atoms with Crippen LogP contribution in [0.1, 0.15) is 20.8 Å². The fourth-order valence-corrected chi connectivity index (χ4v) is 0.280. The van der Waals surface area contributed by atoms with E-state index in [1.54, 1.807) is 13.8 Å². The highest BCUT2D eigenvalue weighted by Crippen LogP contribution is 1.87. The molecule has 14 heavy (non-hydrogen) atoms. The Hall–Kier alpha value is -1.58. The van der Waals surface area contributed by atoms with Gasteiger partial charge in [-0.1, -0.05) is 13.2 Å². The van der Waals surface area contributed by atoms with Crippen molar-refractivity contribution in [1.82, 2.24) is 0 Å². The molecule has 0 bridgehead atoms. The minimum atomic E-state index is -0.935. The van der Waals surface area contributed by atoms with Crippen LogP contribution >= 0.6 is 0 Å². The van der Waals surface area contributed by atoms with Crippen LogP contribution in [0, 0.1) is 0 Å². The van der Waals surface area contributed by atoms with E-state index >= 15 is 0 Å². The van der Waals surface area contributed by atoms with Crippen molar-refractivity contribution in [3.63, 3.8) is 0 Å². The van der Waals surface area contributed by atoms with E-state index < -0.39 is 5.97 Å². The number of carboxylic acids is 1. The Morgan fingerprint density at radius 1 is 1.43 bits per heavy atom. The lowest BCUT2D eigenvalue weighted by atomic mass is 10.4. The number of rotatable bonds is 3. The summed E-state index contributed by atoms with van der Waals surface area (Å²) in [7, 11) is 0. The quantitative estimate of drug-likeness (QED) is 0.557. The molecule has 0 fully saturated rings. The number of carboxylic acid groups (broad SMARTS) is 1. The number of esters is 1. The van der Waals surface area contributed by atoms with E-state index in [-0.39, 0.29) is 17.6 Å². The zero-order valence-corrected chi connectivity index (χ0v) is 8.74. The molecule has 1 N–H and O–H groups in total. The number of carbonyl (C=O) groups is 2. The third-order valence-electron chi connectivity index (χ3n) is 0.884. The summed E-state index contributed by atoms with van der Waals surface area (Å²) < 4.78 is 4.64. The van der Waals surface area contributed by atoms with E-state index in [2.05, 4.69) is 17.9 Å². The summed E-state index contributed by atoms with van der Waals surface area (Å²) in [6.45, 7) is 11.4. The minimum absolute atomic E-state index is 0.0412. The number of carbonyl (C=O) groups excluding carboxylic acids is 1. The summed E-state index contributed by atoms with van der Waals surface area (Å²) >= 11 is 0. The number of hydrogen-bond acceptors (Lipinski definition) is 3. The Labute approximate surface area is 83.9 Å². The highest BCUT2D eigenvalue weighted by atomic mass is 16.5. The molecule has 4 nitrogen and oxygen atoms in total. The van der Waals surface area contributed by atoms with Crippen LogP contribution in [-0.4, -0.2) is 23.1 Å². The number of hydrogen-bond donors (Lipinski definition) is 1. The Morgan fingerprint density at radius 2 is 1.79 bits per heavy atom. The average Bonchev–Trinajstić information content (AvgIpc) is 2.04. The van der Waals surface area contributed by atoms with Gasteiger partial charge < -0.3 is 9.84 Å². The molecule has 0 spiro atoms. The predicted octanol–water partition coefficient (Wildman–Crippen LogP) is 1.77.